The van der Waals surface area contributed by atoms with Gasteiger partial charge < -0.3 is 14.8 Å². The number of nitrogens with one attached hydrogen (secondary N) is 1. The van der Waals surface area contributed by atoms with Gasteiger partial charge >= 0.3 is 0 Å². The SMILES string of the molecule is CCCNC(CC(C)COC)c1cc(C)ccc1OC. The molecule has 0 saturated heterocycles. The van der Waals surface area contributed by atoms with Gasteiger partial charge in [0.1, 0.15) is 5.75 Å². The number of hydrogen-bond donors (Lipinski definition) is 1. The number of rotatable bonds is 9. The Kier molecular flexibility index (Phi) is 7.63. The van der Waals surface area contributed by atoms with Crippen LogP contribution in [0.3, 0.4) is 0 Å². The number of hydrogen-bond acceptors (Lipinski definition) is 3. The highest BCUT2D eigenvalue weighted by atomic mass is 16.5. The number of methoxy groups -OCH3 is 2. The van der Waals surface area contributed by atoms with Crippen LogP contribution in [0.2, 0.25) is 0 Å². The second-order valence-corrected chi connectivity index (χ2v) is 5.55. The molecule has 0 aliphatic heterocycles. The molecule has 0 amide bonds. The van der Waals surface area contributed by atoms with Gasteiger partial charge in [-0.1, -0.05) is 31.5 Å². The van der Waals surface area contributed by atoms with Crippen LogP contribution in [0.25, 0.3) is 0 Å². The largest absolute Gasteiger partial charge is 0.496 e. The van der Waals surface area contributed by atoms with E-state index in [1.54, 1.807) is 14.2 Å². The first-order valence-corrected chi connectivity index (χ1v) is 7.49. The zero-order valence-corrected chi connectivity index (χ0v) is 13.5. The van der Waals surface area contributed by atoms with Crippen LogP contribution in [0.15, 0.2) is 18.2 Å². The van der Waals surface area contributed by atoms with Crippen LogP contribution >= 0.6 is 0 Å². The van der Waals surface area contributed by atoms with E-state index in [4.69, 9.17) is 9.47 Å². The monoisotopic (exact) mass is 279 g/mol. The molecule has 0 aliphatic carbocycles. The summed E-state index contributed by atoms with van der Waals surface area (Å²) in [6.45, 7) is 8.35. The van der Waals surface area contributed by atoms with Crippen LogP contribution in [0.1, 0.15) is 43.9 Å². The summed E-state index contributed by atoms with van der Waals surface area (Å²) in [6, 6.07) is 6.70. The van der Waals surface area contributed by atoms with Crippen molar-refractivity contribution in [2.24, 2.45) is 5.92 Å². The molecular weight excluding hydrogens is 250 g/mol. The van der Waals surface area contributed by atoms with E-state index in [1.165, 1.54) is 11.1 Å². The molecule has 0 fully saturated rings. The summed E-state index contributed by atoms with van der Waals surface area (Å²) in [6.07, 6.45) is 2.18. The van der Waals surface area contributed by atoms with Crippen LogP contribution in [0.5, 0.6) is 5.75 Å². The van der Waals surface area contributed by atoms with Gasteiger partial charge in [0.2, 0.25) is 0 Å². The molecule has 3 nitrogen and oxygen atoms in total. The molecule has 1 aromatic carbocycles. The van der Waals surface area contributed by atoms with Gasteiger partial charge in [0.25, 0.3) is 0 Å². The molecule has 20 heavy (non-hydrogen) atoms. The van der Waals surface area contributed by atoms with Crippen LogP contribution in [0.4, 0.5) is 0 Å². The van der Waals surface area contributed by atoms with Gasteiger partial charge in [0.05, 0.1) is 7.11 Å². The van der Waals surface area contributed by atoms with Gasteiger partial charge in [0.15, 0.2) is 0 Å². The predicted molar refractivity (Wildman–Crippen MR) is 84.4 cm³/mol. The summed E-state index contributed by atoms with van der Waals surface area (Å²) in [5.41, 5.74) is 2.52. The van der Waals surface area contributed by atoms with Crippen molar-refractivity contribution in [3.8, 4) is 5.75 Å². The quantitative estimate of drug-likeness (QED) is 0.747. The fourth-order valence-electron chi connectivity index (χ4n) is 2.52. The first kappa shape index (κ1) is 17.0. The third-order valence-electron chi connectivity index (χ3n) is 3.49. The van der Waals surface area contributed by atoms with Crippen molar-refractivity contribution in [2.45, 2.75) is 39.7 Å². The van der Waals surface area contributed by atoms with Crippen LogP contribution < -0.4 is 10.1 Å². The highest BCUT2D eigenvalue weighted by Gasteiger charge is 2.18. The second kappa shape index (κ2) is 8.98. The zero-order valence-electron chi connectivity index (χ0n) is 13.5. The molecule has 1 aromatic rings. The molecule has 0 saturated carbocycles. The molecule has 2 atom stereocenters. The fraction of sp³-hybridized carbons (Fsp3) is 0.647. The van der Waals surface area contributed by atoms with Crippen LogP contribution in [0, 0.1) is 12.8 Å². The number of aryl methyl sites for hydroxylation is 1. The Hall–Kier alpha value is -1.06. The Balaban J connectivity index is 2.93. The summed E-state index contributed by atoms with van der Waals surface area (Å²) < 4.78 is 10.8. The summed E-state index contributed by atoms with van der Waals surface area (Å²) in [5.74, 6) is 1.48. The van der Waals surface area contributed by atoms with Crippen molar-refractivity contribution in [1.82, 2.24) is 5.32 Å². The van der Waals surface area contributed by atoms with Gasteiger partial charge in [-0.2, -0.15) is 0 Å². The van der Waals surface area contributed by atoms with Crippen molar-refractivity contribution >= 4 is 0 Å². The Labute approximate surface area is 123 Å². The lowest BCUT2D eigenvalue weighted by molar-refractivity contribution is 0.149. The first-order chi connectivity index (χ1) is 9.62. The Morgan fingerprint density at radius 2 is 2.00 bits per heavy atom. The third-order valence-corrected chi connectivity index (χ3v) is 3.49. The lowest BCUT2D eigenvalue weighted by Gasteiger charge is -2.24. The Morgan fingerprint density at radius 1 is 1.25 bits per heavy atom. The molecule has 0 spiro atoms. The summed E-state index contributed by atoms with van der Waals surface area (Å²) >= 11 is 0. The second-order valence-electron chi connectivity index (χ2n) is 5.55. The highest BCUT2D eigenvalue weighted by molar-refractivity contribution is 5.39. The molecule has 0 heterocycles. The van der Waals surface area contributed by atoms with E-state index in [0.717, 1.165) is 31.7 Å². The summed E-state index contributed by atoms with van der Waals surface area (Å²) in [5, 5.41) is 3.64. The van der Waals surface area contributed by atoms with E-state index in [1.807, 2.05) is 0 Å². The van der Waals surface area contributed by atoms with Gasteiger partial charge in [-0.25, -0.2) is 0 Å². The van der Waals surface area contributed by atoms with Crippen molar-refractivity contribution in [1.29, 1.82) is 0 Å². The lowest BCUT2D eigenvalue weighted by Crippen LogP contribution is -2.25. The van der Waals surface area contributed by atoms with Crippen LogP contribution in [-0.2, 0) is 4.74 Å². The number of ether oxygens (including phenoxy) is 2. The van der Waals surface area contributed by atoms with E-state index in [-0.39, 0.29) is 0 Å². The molecule has 1 rings (SSSR count). The van der Waals surface area contributed by atoms with Crippen molar-refractivity contribution in [3.05, 3.63) is 29.3 Å². The maximum atomic E-state index is 5.53. The van der Waals surface area contributed by atoms with Gasteiger partial charge in [-0.3, -0.25) is 0 Å². The average molecular weight is 279 g/mol. The van der Waals surface area contributed by atoms with Crippen LogP contribution in [-0.4, -0.2) is 27.4 Å². The summed E-state index contributed by atoms with van der Waals surface area (Å²) in [7, 11) is 3.50. The third kappa shape index (κ3) is 5.14. The fourth-order valence-corrected chi connectivity index (χ4v) is 2.52. The molecule has 3 heteroatoms. The molecule has 0 radical (unpaired) electrons. The molecule has 114 valence electrons. The van der Waals surface area contributed by atoms with E-state index in [9.17, 15) is 0 Å². The topological polar surface area (TPSA) is 30.5 Å². The molecule has 0 aliphatic rings. The predicted octanol–water partition coefficient (Wildman–Crippen LogP) is 3.72. The Bertz CT molecular complexity index is 393. The van der Waals surface area contributed by atoms with Gasteiger partial charge in [-0.15, -0.1) is 0 Å². The minimum absolute atomic E-state index is 0.315. The number of benzene rings is 1. The van der Waals surface area contributed by atoms with Gasteiger partial charge in [-0.05, 0) is 38.3 Å². The Morgan fingerprint density at radius 3 is 2.60 bits per heavy atom. The maximum absolute atomic E-state index is 5.53. The van der Waals surface area contributed by atoms with E-state index < -0.39 is 0 Å². The van der Waals surface area contributed by atoms with Gasteiger partial charge in [0, 0.05) is 25.3 Å². The lowest BCUT2D eigenvalue weighted by atomic mass is 9.94. The minimum Gasteiger partial charge on any atom is -0.496 e. The summed E-state index contributed by atoms with van der Waals surface area (Å²) in [4.78, 5) is 0. The molecule has 2 unspecified atom stereocenters. The molecule has 1 N–H and O–H groups in total. The van der Waals surface area contributed by atoms with Crippen molar-refractivity contribution < 1.29 is 9.47 Å². The zero-order chi connectivity index (χ0) is 15.0. The molecular formula is C17H29NO2. The maximum Gasteiger partial charge on any atom is 0.123 e. The highest BCUT2D eigenvalue weighted by Crippen LogP contribution is 2.30. The van der Waals surface area contributed by atoms with Crippen molar-refractivity contribution in [3.63, 3.8) is 0 Å². The smallest absolute Gasteiger partial charge is 0.123 e. The van der Waals surface area contributed by atoms with E-state index >= 15 is 0 Å². The average Bonchev–Trinajstić information content (AvgIpc) is 2.43. The van der Waals surface area contributed by atoms with E-state index in [0.29, 0.717) is 12.0 Å². The van der Waals surface area contributed by atoms with Crippen molar-refractivity contribution in [2.75, 3.05) is 27.4 Å². The normalized spacial score (nSPS) is 14.1. The minimum atomic E-state index is 0.315. The standard InChI is InChI=1S/C17H29NO2/c1-6-9-18-16(11-14(3)12-19-4)15-10-13(2)7-8-17(15)20-5/h7-8,10,14,16,18H,6,9,11-12H2,1-5H3. The van der Waals surface area contributed by atoms with E-state index in [2.05, 4.69) is 44.3 Å². The molecule has 0 aromatic heterocycles. The first-order valence-electron chi connectivity index (χ1n) is 7.49. The molecule has 0 bridgehead atoms.